The van der Waals surface area contributed by atoms with Crippen LogP contribution in [0.3, 0.4) is 0 Å². The summed E-state index contributed by atoms with van der Waals surface area (Å²) < 4.78 is 0. The first kappa shape index (κ1) is 43.4. The van der Waals surface area contributed by atoms with Crippen molar-refractivity contribution in [2.75, 3.05) is 0 Å². The average Bonchev–Trinajstić information content (AvgIpc) is 4.14. The molecule has 8 bridgehead atoms. The number of carboxylic acids is 1. The molecular formula is C57H46N4O2Zn. The van der Waals surface area contributed by atoms with Gasteiger partial charge in [-0.15, -0.1) is 41.8 Å². The van der Waals surface area contributed by atoms with E-state index >= 15 is 0 Å². The van der Waals surface area contributed by atoms with Crippen LogP contribution in [0.5, 0.6) is 0 Å². The summed E-state index contributed by atoms with van der Waals surface area (Å²) in [6.07, 6.45) is 16.5. The number of hydrogen-bond donors (Lipinski definition) is 1. The van der Waals surface area contributed by atoms with Gasteiger partial charge >= 0.3 is 25.4 Å². The second kappa shape index (κ2) is 18.3. The van der Waals surface area contributed by atoms with Gasteiger partial charge in [0.1, 0.15) is 0 Å². The molecule has 4 aromatic carbocycles. The number of benzene rings is 4. The molecule has 0 amide bonds. The molecule has 9 rings (SSSR count). The Morgan fingerprint density at radius 1 is 0.500 bits per heavy atom. The van der Waals surface area contributed by atoms with Crippen molar-refractivity contribution in [1.82, 2.24) is 19.9 Å². The molecule has 2 aliphatic heterocycles. The first-order valence-corrected chi connectivity index (χ1v) is 21.2. The number of carbonyl (C=O) groups is 1. The second-order valence-corrected chi connectivity index (χ2v) is 16.3. The Labute approximate surface area is 387 Å². The van der Waals surface area contributed by atoms with Crippen LogP contribution in [-0.4, -0.2) is 21.0 Å². The van der Waals surface area contributed by atoms with Crippen LogP contribution in [0.1, 0.15) is 69.1 Å². The Hall–Kier alpha value is -7.21. The molecule has 0 saturated carbocycles. The van der Waals surface area contributed by atoms with E-state index in [4.69, 9.17) is 19.9 Å². The van der Waals surface area contributed by atoms with Crippen LogP contribution < -0.4 is 9.97 Å². The van der Waals surface area contributed by atoms with Crippen molar-refractivity contribution in [3.05, 3.63) is 204 Å². The van der Waals surface area contributed by atoms with Crippen molar-refractivity contribution in [2.45, 2.75) is 38.5 Å². The SMILES string of the molecule is C=CCC(CC=C)(CC=C)c1ccc(-c2c3nc(c(-c4ccc(C)cc4)c4ccc([n-]4)c(-c4ccc(C(=O)O)cc4)c4nc(c(-c5ccc(C)cc5)c5ccc2[n-]5)C=C4)C=C3)cc1.[Zn+2]. The first-order chi connectivity index (χ1) is 30.7. The number of carboxylic acid groups (broad SMARTS) is 1. The number of rotatable bonds is 12. The Morgan fingerprint density at radius 2 is 0.797 bits per heavy atom. The molecule has 0 saturated heterocycles. The van der Waals surface area contributed by atoms with E-state index in [-0.39, 0.29) is 30.5 Å². The third-order valence-corrected chi connectivity index (χ3v) is 12.1. The number of hydrogen-bond acceptors (Lipinski definition) is 3. The maximum Gasteiger partial charge on any atom is 2.00 e. The van der Waals surface area contributed by atoms with Gasteiger partial charge in [-0.25, -0.2) is 14.8 Å². The van der Waals surface area contributed by atoms with Gasteiger partial charge in [0.2, 0.25) is 0 Å². The van der Waals surface area contributed by atoms with Crippen molar-refractivity contribution in [3.8, 4) is 44.5 Å². The molecule has 6 nitrogen and oxygen atoms in total. The number of aromatic nitrogens is 4. The summed E-state index contributed by atoms with van der Waals surface area (Å²) in [5.41, 5.74) is 16.8. The van der Waals surface area contributed by atoms with Gasteiger partial charge in [0, 0.05) is 5.41 Å². The summed E-state index contributed by atoms with van der Waals surface area (Å²) in [5.74, 6) is -0.986. The van der Waals surface area contributed by atoms with Crippen LogP contribution in [0.2, 0.25) is 0 Å². The fourth-order valence-electron chi connectivity index (χ4n) is 8.91. The van der Waals surface area contributed by atoms with E-state index in [1.807, 2.05) is 54.6 Å². The predicted molar refractivity (Wildman–Crippen MR) is 261 cm³/mol. The Bertz CT molecular complexity index is 3100. The maximum absolute atomic E-state index is 11.9. The van der Waals surface area contributed by atoms with Gasteiger partial charge < -0.3 is 15.1 Å². The number of allylic oxidation sites excluding steroid dienone is 3. The maximum atomic E-state index is 11.9. The molecule has 0 fully saturated rings. The van der Waals surface area contributed by atoms with E-state index in [0.717, 1.165) is 109 Å². The molecule has 7 aromatic rings. The van der Waals surface area contributed by atoms with Gasteiger partial charge in [0.15, 0.2) is 0 Å². The Kier molecular flexibility index (Phi) is 12.4. The van der Waals surface area contributed by atoms with E-state index in [1.54, 1.807) is 12.1 Å². The fraction of sp³-hybridized carbons (Fsp3) is 0.105. The first-order valence-electron chi connectivity index (χ1n) is 21.2. The molecule has 0 aliphatic carbocycles. The molecule has 0 spiro atoms. The molecule has 1 N–H and O–H groups in total. The van der Waals surface area contributed by atoms with Crippen LogP contribution >= 0.6 is 0 Å². The van der Waals surface area contributed by atoms with Gasteiger partial charge in [-0.3, -0.25) is 0 Å². The number of aromatic carboxylic acids is 1. The van der Waals surface area contributed by atoms with E-state index in [9.17, 15) is 9.90 Å². The monoisotopic (exact) mass is 882 g/mol. The Morgan fingerprint density at radius 3 is 1.09 bits per heavy atom. The number of fused-ring (bicyclic) bond motifs is 8. The third-order valence-electron chi connectivity index (χ3n) is 12.1. The number of aryl methyl sites for hydroxylation is 2. The summed E-state index contributed by atoms with van der Waals surface area (Å²) in [7, 11) is 0. The summed E-state index contributed by atoms with van der Waals surface area (Å²) in [6, 6.07) is 40.8. The van der Waals surface area contributed by atoms with Gasteiger partial charge in [-0.1, -0.05) is 139 Å². The third kappa shape index (κ3) is 8.23. The second-order valence-electron chi connectivity index (χ2n) is 16.3. The average molecular weight is 884 g/mol. The van der Waals surface area contributed by atoms with Gasteiger partial charge in [-0.05, 0) is 120 Å². The van der Waals surface area contributed by atoms with Crippen LogP contribution in [-0.2, 0) is 24.9 Å². The van der Waals surface area contributed by atoms with Crippen molar-refractivity contribution < 1.29 is 29.4 Å². The molecule has 0 radical (unpaired) electrons. The molecule has 5 heterocycles. The smallest absolute Gasteiger partial charge is 0.657 e. The van der Waals surface area contributed by atoms with Crippen LogP contribution in [0, 0.1) is 13.8 Å². The standard InChI is InChI=1S/C57H47N4O2.Zn/c1-6-33-57(34-7-2,35-8-3)43-23-21-41(22-24-43)55-50-31-27-46(60-50)52(38-13-9-36(4)10-14-38)44-25-29-48(58-44)54(40-17-19-42(20-18-40)56(62)63)49-30-26-45(59-49)53(47-28-32-51(55)61-47)39-15-11-37(5)12-16-39;/h6-32H,1-3,33-35H2,4-5H3,(H2-,58,59,60,61,62,63);/q-1;+2/p-1. The van der Waals surface area contributed by atoms with Gasteiger partial charge in [0.05, 0.1) is 28.3 Å². The summed E-state index contributed by atoms with van der Waals surface area (Å²) in [4.78, 5) is 33.4. The summed E-state index contributed by atoms with van der Waals surface area (Å²) >= 11 is 0. The normalized spacial score (nSPS) is 11.8. The molecule has 3 aromatic heterocycles. The van der Waals surface area contributed by atoms with Crippen LogP contribution in [0.4, 0.5) is 0 Å². The molecule has 0 unspecified atom stereocenters. The van der Waals surface area contributed by atoms with Crippen molar-refractivity contribution >= 4 is 52.3 Å². The molecule has 2 aliphatic rings. The topological polar surface area (TPSA) is 91.3 Å². The number of nitrogens with zero attached hydrogens (tertiary/aromatic N) is 4. The Balaban J connectivity index is 0.00000560. The fourth-order valence-corrected chi connectivity index (χ4v) is 8.91. The molecule has 64 heavy (non-hydrogen) atoms. The van der Waals surface area contributed by atoms with E-state index < -0.39 is 5.97 Å². The zero-order valence-corrected chi connectivity index (χ0v) is 39.1. The molecule has 0 atom stereocenters. The minimum Gasteiger partial charge on any atom is -0.657 e. The molecular weight excluding hydrogens is 838 g/mol. The van der Waals surface area contributed by atoms with E-state index in [0.29, 0.717) is 11.2 Å². The zero-order chi connectivity index (χ0) is 43.7. The summed E-state index contributed by atoms with van der Waals surface area (Å²) in [6.45, 7) is 16.4. The summed E-state index contributed by atoms with van der Waals surface area (Å²) in [5, 5.41) is 9.75. The van der Waals surface area contributed by atoms with Gasteiger partial charge in [0.25, 0.3) is 0 Å². The quantitative estimate of drug-likeness (QED) is 0.0971. The molecule has 308 valence electrons. The minimum absolute atomic E-state index is 0. The van der Waals surface area contributed by atoms with Crippen LogP contribution in [0.15, 0.2) is 159 Å². The minimum atomic E-state index is -0.986. The van der Waals surface area contributed by atoms with Crippen molar-refractivity contribution in [1.29, 1.82) is 0 Å². The van der Waals surface area contributed by atoms with E-state index in [2.05, 4.69) is 131 Å². The van der Waals surface area contributed by atoms with Gasteiger partial charge in [-0.2, -0.15) is 0 Å². The van der Waals surface area contributed by atoms with E-state index in [1.165, 1.54) is 5.56 Å². The zero-order valence-electron chi connectivity index (χ0n) is 36.2. The van der Waals surface area contributed by atoms with Crippen molar-refractivity contribution in [3.63, 3.8) is 0 Å². The predicted octanol–water partition coefficient (Wildman–Crippen LogP) is 13.9. The molecule has 7 heteroatoms. The largest absolute Gasteiger partial charge is 2.00 e. The van der Waals surface area contributed by atoms with Crippen LogP contribution in [0.25, 0.3) is 90.9 Å². The van der Waals surface area contributed by atoms with Crippen molar-refractivity contribution in [2.24, 2.45) is 0 Å².